The van der Waals surface area contributed by atoms with Gasteiger partial charge in [0, 0.05) is 10.0 Å². The van der Waals surface area contributed by atoms with Crippen LogP contribution >= 0.6 is 39.0 Å². The maximum atomic E-state index is 11.4. The smallest absolute Gasteiger partial charge is 0.318 e. The lowest BCUT2D eigenvalue weighted by molar-refractivity contribution is -0.139. The van der Waals surface area contributed by atoms with Crippen LogP contribution in [0.15, 0.2) is 33.1 Å². The van der Waals surface area contributed by atoms with Crippen molar-refractivity contribution in [1.82, 2.24) is 10.2 Å². The Bertz CT molecular complexity index is 589. The Morgan fingerprint density at radius 1 is 1.42 bits per heavy atom. The molecule has 0 bridgehead atoms. The number of esters is 1. The highest BCUT2D eigenvalue weighted by molar-refractivity contribution is 9.10. The number of carbonyl (C=O) groups is 1. The van der Waals surface area contributed by atoms with Crippen molar-refractivity contribution in [2.75, 3.05) is 7.11 Å². The molecular weight excluding hydrogens is 348 g/mol. The zero-order valence-electron chi connectivity index (χ0n) is 10.3. The average Bonchev–Trinajstić information content (AvgIpc) is 2.86. The molecule has 0 N–H and O–H groups in total. The summed E-state index contributed by atoms with van der Waals surface area (Å²) in [6.45, 7) is 1.79. The molecule has 0 spiro atoms. The van der Waals surface area contributed by atoms with Crippen LogP contribution in [-0.2, 0) is 9.53 Å². The first-order valence-electron chi connectivity index (χ1n) is 5.44. The Kier molecular flexibility index (Phi) is 4.95. The van der Waals surface area contributed by atoms with E-state index >= 15 is 0 Å². The van der Waals surface area contributed by atoms with E-state index in [-0.39, 0.29) is 11.2 Å². The molecule has 0 aliphatic rings. The van der Waals surface area contributed by atoms with Crippen LogP contribution in [0.2, 0.25) is 0 Å². The third-order valence-corrected chi connectivity index (χ3v) is 5.13. The van der Waals surface area contributed by atoms with E-state index in [0.29, 0.717) is 0 Å². The van der Waals surface area contributed by atoms with Gasteiger partial charge in [0.15, 0.2) is 4.34 Å². The molecule has 0 radical (unpaired) electrons. The van der Waals surface area contributed by atoms with Gasteiger partial charge in [-0.3, -0.25) is 4.79 Å². The van der Waals surface area contributed by atoms with Gasteiger partial charge >= 0.3 is 5.97 Å². The third-order valence-electron chi connectivity index (χ3n) is 2.32. The standard InChI is InChI=1S/C12H11BrN2O2S2/c1-7(11(16)17-2)18-12-15-14-10(19-12)8-5-3-4-6-9(8)13/h3-7H,1-2H3. The highest BCUT2D eigenvalue weighted by atomic mass is 79.9. The van der Waals surface area contributed by atoms with Crippen molar-refractivity contribution in [1.29, 1.82) is 0 Å². The first-order chi connectivity index (χ1) is 9.11. The maximum Gasteiger partial charge on any atom is 0.318 e. The fourth-order valence-corrected chi connectivity index (χ4v) is 4.03. The van der Waals surface area contributed by atoms with E-state index in [9.17, 15) is 4.79 Å². The van der Waals surface area contributed by atoms with Gasteiger partial charge in [0.05, 0.1) is 7.11 Å². The molecule has 0 saturated carbocycles. The molecule has 2 aromatic rings. The van der Waals surface area contributed by atoms with Gasteiger partial charge in [0.2, 0.25) is 0 Å². The molecule has 0 aliphatic heterocycles. The molecule has 0 aliphatic carbocycles. The number of aromatic nitrogens is 2. The summed E-state index contributed by atoms with van der Waals surface area (Å²) in [5.41, 5.74) is 0.998. The SMILES string of the molecule is COC(=O)C(C)Sc1nnc(-c2ccccc2Br)s1. The molecular formula is C12H11BrN2O2S2. The van der Waals surface area contributed by atoms with Crippen LogP contribution < -0.4 is 0 Å². The second-order valence-corrected chi connectivity index (χ2v) is 7.06. The van der Waals surface area contributed by atoms with Gasteiger partial charge in [0.1, 0.15) is 10.3 Å². The van der Waals surface area contributed by atoms with Crippen molar-refractivity contribution in [3.05, 3.63) is 28.7 Å². The lowest BCUT2D eigenvalue weighted by Crippen LogP contribution is -2.14. The van der Waals surface area contributed by atoms with Crippen molar-refractivity contribution >= 4 is 45.0 Å². The number of rotatable bonds is 4. The summed E-state index contributed by atoms with van der Waals surface area (Å²) in [7, 11) is 1.38. The quantitative estimate of drug-likeness (QED) is 0.617. The zero-order chi connectivity index (χ0) is 13.8. The topological polar surface area (TPSA) is 52.1 Å². The van der Waals surface area contributed by atoms with E-state index < -0.39 is 0 Å². The molecule has 0 saturated heterocycles. The van der Waals surface area contributed by atoms with E-state index in [1.165, 1.54) is 30.2 Å². The van der Waals surface area contributed by atoms with Crippen LogP contribution in [0, 0.1) is 0 Å². The van der Waals surface area contributed by atoms with Gasteiger partial charge in [-0.15, -0.1) is 10.2 Å². The summed E-state index contributed by atoms with van der Waals surface area (Å²) < 4.78 is 6.41. The maximum absolute atomic E-state index is 11.4. The van der Waals surface area contributed by atoms with E-state index in [1.54, 1.807) is 6.92 Å². The Morgan fingerprint density at radius 2 is 2.16 bits per heavy atom. The molecule has 1 aromatic carbocycles. The number of carbonyl (C=O) groups excluding carboxylic acids is 1. The number of ether oxygens (including phenoxy) is 1. The predicted octanol–water partition coefficient (Wildman–Crippen LogP) is 3.62. The zero-order valence-corrected chi connectivity index (χ0v) is 13.5. The molecule has 1 unspecified atom stereocenters. The molecule has 4 nitrogen and oxygen atoms in total. The number of hydrogen-bond acceptors (Lipinski definition) is 6. The summed E-state index contributed by atoms with van der Waals surface area (Å²) in [4.78, 5) is 11.4. The van der Waals surface area contributed by atoms with Crippen LogP contribution in [0.5, 0.6) is 0 Å². The minimum Gasteiger partial charge on any atom is -0.468 e. The van der Waals surface area contributed by atoms with Crippen molar-refractivity contribution < 1.29 is 9.53 Å². The van der Waals surface area contributed by atoms with Crippen molar-refractivity contribution in [3.63, 3.8) is 0 Å². The third kappa shape index (κ3) is 3.55. The highest BCUT2D eigenvalue weighted by Crippen LogP contribution is 2.34. The summed E-state index contributed by atoms with van der Waals surface area (Å²) in [6.07, 6.45) is 0. The number of halogens is 1. The monoisotopic (exact) mass is 358 g/mol. The molecule has 7 heteroatoms. The fraction of sp³-hybridized carbons (Fsp3) is 0.250. The molecule has 100 valence electrons. The molecule has 0 fully saturated rings. The molecule has 1 heterocycles. The molecule has 19 heavy (non-hydrogen) atoms. The van der Waals surface area contributed by atoms with E-state index in [4.69, 9.17) is 0 Å². The second kappa shape index (κ2) is 6.49. The number of benzene rings is 1. The molecule has 1 atom stereocenters. The average molecular weight is 359 g/mol. The van der Waals surface area contributed by atoms with Gasteiger partial charge in [-0.25, -0.2) is 0 Å². The Morgan fingerprint density at radius 3 is 2.84 bits per heavy atom. The van der Waals surface area contributed by atoms with Crippen LogP contribution in [0.4, 0.5) is 0 Å². The van der Waals surface area contributed by atoms with Crippen molar-refractivity contribution in [3.8, 4) is 10.6 Å². The molecule has 2 rings (SSSR count). The summed E-state index contributed by atoms with van der Waals surface area (Å²) in [6, 6.07) is 7.83. The lowest BCUT2D eigenvalue weighted by Gasteiger charge is -2.04. The van der Waals surface area contributed by atoms with Gasteiger partial charge in [-0.05, 0) is 13.0 Å². The minimum absolute atomic E-state index is 0.261. The van der Waals surface area contributed by atoms with Gasteiger partial charge < -0.3 is 4.74 Å². The lowest BCUT2D eigenvalue weighted by atomic mass is 10.2. The van der Waals surface area contributed by atoms with Crippen molar-refractivity contribution in [2.24, 2.45) is 0 Å². The fourth-order valence-electron chi connectivity index (χ4n) is 1.37. The highest BCUT2D eigenvalue weighted by Gasteiger charge is 2.18. The normalized spacial score (nSPS) is 12.2. The largest absolute Gasteiger partial charge is 0.468 e. The Hall–Kier alpha value is -0.920. The van der Waals surface area contributed by atoms with Crippen LogP contribution in [-0.4, -0.2) is 28.5 Å². The Balaban J connectivity index is 2.16. The molecule has 1 aromatic heterocycles. The second-order valence-electron chi connectivity index (χ2n) is 3.64. The van der Waals surface area contributed by atoms with Gasteiger partial charge in [0.25, 0.3) is 0 Å². The number of hydrogen-bond donors (Lipinski definition) is 0. The van der Waals surface area contributed by atoms with E-state index in [1.807, 2.05) is 24.3 Å². The first-order valence-corrected chi connectivity index (χ1v) is 7.93. The van der Waals surface area contributed by atoms with Gasteiger partial charge in [-0.2, -0.15) is 0 Å². The molecule has 0 amide bonds. The summed E-state index contributed by atoms with van der Waals surface area (Å²) in [5.74, 6) is -0.261. The summed E-state index contributed by atoms with van der Waals surface area (Å²) >= 11 is 6.30. The predicted molar refractivity (Wildman–Crippen MR) is 80.4 cm³/mol. The number of thioether (sulfide) groups is 1. The van der Waals surface area contributed by atoms with Crippen LogP contribution in [0.3, 0.4) is 0 Å². The van der Waals surface area contributed by atoms with E-state index in [2.05, 4.69) is 30.9 Å². The number of methoxy groups -OCH3 is 1. The van der Waals surface area contributed by atoms with Crippen LogP contribution in [0.1, 0.15) is 6.92 Å². The summed E-state index contributed by atoms with van der Waals surface area (Å²) in [5, 5.41) is 8.78. The van der Waals surface area contributed by atoms with Gasteiger partial charge in [-0.1, -0.05) is 57.2 Å². The number of nitrogens with zero attached hydrogens (tertiary/aromatic N) is 2. The van der Waals surface area contributed by atoms with E-state index in [0.717, 1.165) is 19.4 Å². The minimum atomic E-state index is -0.287. The first kappa shape index (κ1) is 14.5. The Labute approximate surface area is 127 Å². The van der Waals surface area contributed by atoms with Crippen molar-refractivity contribution in [2.45, 2.75) is 16.5 Å². The van der Waals surface area contributed by atoms with Crippen LogP contribution in [0.25, 0.3) is 10.6 Å².